The van der Waals surface area contributed by atoms with E-state index in [-0.39, 0.29) is 21.8 Å². The Bertz CT molecular complexity index is 1390. The Balaban J connectivity index is 1.56. The molecule has 1 N–H and O–H groups in total. The number of carbonyl (C=O) groups excluding carboxylic acids is 1. The molecule has 8 nitrogen and oxygen atoms in total. The number of hydrogen-bond acceptors (Lipinski definition) is 8. The predicted octanol–water partition coefficient (Wildman–Crippen LogP) is 6.08. The quantitative estimate of drug-likeness (QED) is 0.176. The van der Waals surface area contributed by atoms with Crippen molar-refractivity contribution in [2.24, 2.45) is 0 Å². The fraction of sp³-hybridized carbons (Fsp3) is 0.0833. The van der Waals surface area contributed by atoms with Gasteiger partial charge in [-0.05, 0) is 49.0 Å². The van der Waals surface area contributed by atoms with Crippen LogP contribution in [0.15, 0.2) is 73.6 Å². The Morgan fingerprint density at radius 2 is 1.82 bits per heavy atom. The van der Waals surface area contributed by atoms with Crippen molar-refractivity contribution in [2.45, 2.75) is 12.1 Å². The summed E-state index contributed by atoms with van der Waals surface area (Å²) in [5, 5.41) is 18.0. The number of methoxy groups -OCH3 is 1. The highest BCUT2D eigenvalue weighted by Crippen LogP contribution is 2.35. The van der Waals surface area contributed by atoms with E-state index in [2.05, 4.69) is 10.2 Å². The van der Waals surface area contributed by atoms with E-state index >= 15 is 0 Å². The van der Waals surface area contributed by atoms with Crippen LogP contribution < -0.4 is 4.74 Å². The summed E-state index contributed by atoms with van der Waals surface area (Å²) in [7, 11) is 1.50. The van der Waals surface area contributed by atoms with Gasteiger partial charge in [0.25, 0.3) is 11.1 Å². The first-order chi connectivity index (χ1) is 16.3. The molecule has 0 atom stereocenters. The zero-order valence-electron chi connectivity index (χ0n) is 17.9. The van der Waals surface area contributed by atoms with Crippen molar-refractivity contribution in [3.05, 3.63) is 75.8 Å². The van der Waals surface area contributed by atoms with Crippen molar-refractivity contribution in [3.8, 4) is 28.5 Å². The molecule has 0 spiro atoms. The largest absolute Gasteiger partial charge is 0.496 e. The maximum atomic E-state index is 11.8. The molecular weight excluding hydrogens is 480 g/mol. The van der Waals surface area contributed by atoms with Crippen LogP contribution in [0.1, 0.15) is 23.0 Å². The number of carboxylic acids is 1. The van der Waals surface area contributed by atoms with Gasteiger partial charge in [0.15, 0.2) is 5.78 Å². The number of furan rings is 1. The van der Waals surface area contributed by atoms with E-state index in [1.165, 1.54) is 20.1 Å². The summed E-state index contributed by atoms with van der Waals surface area (Å²) < 4.78 is 16.7. The third-order valence-electron chi connectivity index (χ3n) is 4.68. The van der Waals surface area contributed by atoms with Gasteiger partial charge in [-0.3, -0.25) is 4.79 Å². The fourth-order valence-electron chi connectivity index (χ4n) is 3.02. The van der Waals surface area contributed by atoms with E-state index in [1.807, 2.05) is 0 Å². The number of aromatic nitrogens is 2. The number of ether oxygens (including phenoxy) is 1. The van der Waals surface area contributed by atoms with Crippen LogP contribution in [-0.4, -0.2) is 34.2 Å². The van der Waals surface area contributed by atoms with Gasteiger partial charge in [-0.25, -0.2) is 4.79 Å². The Morgan fingerprint density at radius 3 is 2.50 bits per heavy atom. The summed E-state index contributed by atoms with van der Waals surface area (Å²) in [4.78, 5) is 23.2. The van der Waals surface area contributed by atoms with Crippen molar-refractivity contribution in [3.63, 3.8) is 0 Å². The summed E-state index contributed by atoms with van der Waals surface area (Å²) >= 11 is 6.84. The van der Waals surface area contributed by atoms with Crippen LogP contribution >= 0.6 is 23.4 Å². The highest BCUT2D eigenvalue weighted by molar-refractivity contribution is 8.03. The third kappa shape index (κ3) is 5.22. The minimum Gasteiger partial charge on any atom is -0.496 e. The van der Waals surface area contributed by atoms with Crippen LogP contribution in [0.3, 0.4) is 0 Å². The first kappa shape index (κ1) is 23.3. The monoisotopic (exact) mass is 496 g/mol. The Hall–Kier alpha value is -3.82. The number of ketones is 1. The van der Waals surface area contributed by atoms with Crippen LogP contribution in [0.2, 0.25) is 5.02 Å². The Kier molecular flexibility index (Phi) is 6.85. The van der Waals surface area contributed by atoms with Gasteiger partial charge in [-0.2, -0.15) is 0 Å². The average molecular weight is 497 g/mol. The molecule has 2 aromatic heterocycles. The molecule has 10 heteroatoms. The summed E-state index contributed by atoms with van der Waals surface area (Å²) in [5.41, 5.74) is 1.84. The number of carbonyl (C=O) groups is 2. The minimum absolute atomic E-state index is 0.0253. The van der Waals surface area contributed by atoms with Crippen LogP contribution in [0, 0.1) is 0 Å². The predicted molar refractivity (Wildman–Crippen MR) is 127 cm³/mol. The van der Waals surface area contributed by atoms with Crippen molar-refractivity contribution in [2.75, 3.05) is 7.11 Å². The lowest BCUT2D eigenvalue weighted by atomic mass is 10.1. The average Bonchev–Trinajstić information content (AvgIpc) is 3.48. The molecule has 34 heavy (non-hydrogen) atoms. The maximum Gasteiger partial charge on any atom is 0.342 e. The maximum absolute atomic E-state index is 11.8. The van der Waals surface area contributed by atoms with Gasteiger partial charge in [-0.15, -0.1) is 10.2 Å². The molecule has 172 valence electrons. The SMILES string of the molecule is COc1ccc(Cl)cc1-c1nnc(S/C(=C\c2ccc(-c3ccc(C(C)=O)cc3)o2)C(=O)O)o1. The fourth-order valence-corrected chi connectivity index (χ4v) is 3.84. The number of rotatable bonds is 8. The summed E-state index contributed by atoms with van der Waals surface area (Å²) in [6.07, 6.45) is 1.37. The van der Waals surface area contributed by atoms with Gasteiger partial charge in [0, 0.05) is 22.2 Å². The second-order valence-corrected chi connectivity index (χ2v) is 8.40. The Labute approximate surface area is 203 Å². The van der Waals surface area contributed by atoms with Gasteiger partial charge in [0.1, 0.15) is 22.2 Å². The summed E-state index contributed by atoms with van der Waals surface area (Å²) in [6.45, 7) is 1.49. The lowest BCUT2D eigenvalue weighted by molar-refractivity contribution is -0.131. The molecular formula is C24H17ClN2O6S. The van der Waals surface area contributed by atoms with Crippen LogP contribution in [0.5, 0.6) is 5.75 Å². The van der Waals surface area contributed by atoms with Crippen molar-refractivity contribution in [1.29, 1.82) is 0 Å². The summed E-state index contributed by atoms with van der Waals surface area (Å²) in [5.74, 6) is 0.263. The number of benzene rings is 2. The first-order valence-corrected chi connectivity index (χ1v) is 11.0. The van der Waals surface area contributed by atoms with E-state index in [0.29, 0.717) is 33.4 Å². The zero-order valence-corrected chi connectivity index (χ0v) is 19.5. The molecule has 0 amide bonds. The van der Waals surface area contributed by atoms with Gasteiger partial charge in [0.2, 0.25) is 0 Å². The number of halogens is 1. The molecule has 4 rings (SSSR count). The number of hydrogen-bond donors (Lipinski definition) is 1. The molecule has 0 fully saturated rings. The normalized spacial score (nSPS) is 11.4. The third-order valence-corrected chi connectivity index (χ3v) is 5.77. The van der Waals surface area contributed by atoms with Gasteiger partial charge in [-0.1, -0.05) is 35.9 Å². The van der Waals surface area contributed by atoms with E-state index in [1.54, 1.807) is 54.6 Å². The lowest BCUT2D eigenvalue weighted by Crippen LogP contribution is -1.96. The van der Waals surface area contributed by atoms with Gasteiger partial charge >= 0.3 is 5.97 Å². The molecule has 0 aliphatic rings. The topological polar surface area (TPSA) is 116 Å². The zero-order chi connectivity index (χ0) is 24.2. The number of aliphatic carboxylic acids is 1. The number of Topliss-reactive ketones (excluding diaryl/α,β-unsaturated/α-hetero) is 1. The second kappa shape index (κ2) is 9.98. The van der Waals surface area contributed by atoms with Crippen molar-refractivity contribution >= 4 is 41.2 Å². The van der Waals surface area contributed by atoms with Crippen LogP contribution in [0.4, 0.5) is 0 Å². The van der Waals surface area contributed by atoms with E-state index in [4.69, 9.17) is 25.2 Å². The van der Waals surface area contributed by atoms with Crippen molar-refractivity contribution < 1.29 is 28.3 Å². The highest BCUT2D eigenvalue weighted by atomic mass is 35.5. The molecule has 0 bridgehead atoms. The molecule has 2 heterocycles. The minimum atomic E-state index is -1.19. The van der Waals surface area contributed by atoms with Gasteiger partial charge < -0.3 is 18.7 Å². The molecule has 0 aliphatic carbocycles. The van der Waals surface area contributed by atoms with E-state index < -0.39 is 5.97 Å². The highest BCUT2D eigenvalue weighted by Gasteiger charge is 2.19. The molecule has 2 aromatic carbocycles. The molecule has 0 aliphatic heterocycles. The van der Waals surface area contributed by atoms with Crippen LogP contribution in [-0.2, 0) is 4.79 Å². The molecule has 0 unspecified atom stereocenters. The number of nitrogens with zero attached hydrogens (tertiary/aromatic N) is 2. The molecule has 0 saturated carbocycles. The summed E-state index contributed by atoms with van der Waals surface area (Å²) in [6, 6.07) is 15.2. The number of thioether (sulfide) groups is 1. The molecule has 4 aromatic rings. The standard InChI is InChI=1S/C24H17ClN2O6S/c1-13(28)14-3-5-15(6-4-14)19-10-8-17(32-19)12-21(23(29)30)34-24-27-26-22(33-24)18-11-16(25)7-9-20(18)31-2/h3-12H,1-2H3,(H,29,30)/b21-12-. The first-order valence-electron chi connectivity index (χ1n) is 9.85. The van der Waals surface area contributed by atoms with E-state index in [0.717, 1.165) is 17.3 Å². The smallest absolute Gasteiger partial charge is 0.342 e. The lowest BCUT2D eigenvalue weighted by Gasteiger charge is -2.04. The molecule has 0 radical (unpaired) electrons. The second-order valence-electron chi connectivity index (χ2n) is 6.97. The molecule has 0 saturated heterocycles. The number of carboxylic acid groups (broad SMARTS) is 1. The Morgan fingerprint density at radius 1 is 1.06 bits per heavy atom. The van der Waals surface area contributed by atoms with Gasteiger partial charge in [0.05, 0.1) is 12.7 Å². The van der Waals surface area contributed by atoms with E-state index in [9.17, 15) is 14.7 Å². The van der Waals surface area contributed by atoms with Crippen LogP contribution in [0.25, 0.3) is 28.9 Å². The van der Waals surface area contributed by atoms with Crippen molar-refractivity contribution in [1.82, 2.24) is 10.2 Å².